The third kappa shape index (κ3) is 3.76. The van der Waals surface area contributed by atoms with Crippen LogP contribution in [0.2, 0.25) is 0 Å². The smallest absolute Gasteiger partial charge is 0.0926 e. The zero-order chi connectivity index (χ0) is 12.3. The van der Waals surface area contributed by atoms with E-state index in [1.54, 1.807) is 11.3 Å². The van der Waals surface area contributed by atoms with Crippen molar-refractivity contribution in [3.63, 3.8) is 0 Å². The van der Waals surface area contributed by atoms with E-state index >= 15 is 0 Å². The van der Waals surface area contributed by atoms with Gasteiger partial charge in [-0.1, -0.05) is 6.92 Å². The molecule has 1 atom stereocenters. The lowest BCUT2D eigenvalue weighted by Gasteiger charge is -2.21. The Kier molecular flexibility index (Phi) is 4.17. The third-order valence-electron chi connectivity index (χ3n) is 3.44. The van der Waals surface area contributed by atoms with Crippen molar-refractivity contribution in [1.82, 2.24) is 9.88 Å². The fraction of sp³-hybridized carbons (Fsp3) is 0.769. The molecule has 17 heavy (non-hydrogen) atoms. The first kappa shape index (κ1) is 13.0. The molecule has 0 amide bonds. The molecule has 0 bridgehead atoms. The predicted molar refractivity (Wildman–Crippen MR) is 71.2 cm³/mol. The van der Waals surface area contributed by atoms with Gasteiger partial charge in [-0.25, -0.2) is 4.98 Å². The summed E-state index contributed by atoms with van der Waals surface area (Å²) in [6, 6.07) is 0. The van der Waals surface area contributed by atoms with E-state index in [-0.39, 0.29) is 0 Å². The van der Waals surface area contributed by atoms with Gasteiger partial charge in [-0.2, -0.15) is 0 Å². The van der Waals surface area contributed by atoms with Crippen LogP contribution in [0.5, 0.6) is 0 Å². The highest BCUT2D eigenvalue weighted by atomic mass is 32.1. The Morgan fingerprint density at radius 1 is 1.47 bits per heavy atom. The SMILES string of the molecule is CCc1nc(CN2CCCC(C)(O)CC2)cs1. The molecule has 1 fully saturated rings. The van der Waals surface area contributed by atoms with Crippen molar-refractivity contribution in [2.75, 3.05) is 13.1 Å². The summed E-state index contributed by atoms with van der Waals surface area (Å²) in [5.41, 5.74) is 0.721. The van der Waals surface area contributed by atoms with Gasteiger partial charge in [0.2, 0.25) is 0 Å². The Morgan fingerprint density at radius 3 is 3.00 bits per heavy atom. The van der Waals surface area contributed by atoms with Crippen LogP contribution in [0.4, 0.5) is 0 Å². The maximum Gasteiger partial charge on any atom is 0.0926 e. The summed E-state index contributed by atoms with van der Waals surface area (Å²) >= 11 is 1.76. The van der Waals surface area contributed by atoms with Gasteiger partial charge >= 0.3 is 0 Å². The zero-order valence-electron chi connectivity index (χ0n) is 10.8. The van der Waals surface area contributed by atoms with Crippen LogP contribution >= 0.6 is 11.3 Å². The number of hydrogen-bond acceptors (Lipinski definition) is 4. The number of aromatic nitrogens is 1. The second-order valence-electron chi connectivity index (χ2n) is 5.21. The van der Waals surface area contributed by atoms with E-state index < -0.39 is 5.60 Å². The van der Waals surface area contributed by atoms with E-state index in [0.717, 1.165) is 45.3 Å². The number of hydrogen-bond donors (Lipinski definition) is 1. The molecule has 1 aliphatic rings. The molecular formula is C13H22N2OS. The van der Waals surface area contributed by atoms with Gasteiger partial charge in [0, 0.05) is 18.5 Å². The Labute approximate surface area is 107 Å². The van der Waals surface area contributed by atoms with Crippen LogP contribution in [0, 0.1) is 0 Å². The molecule has 1 N–H and O–H groups in total. The Balaban J connectivity index is 1.90. The number of rotatable bonds is 3. The summed E-state index contributed by atoms with van der Waals surface area (Å²) in [6.45, 7) is 7.09. The molecule has 0 radical (unpaired) electrons. The number of aliphatic hydroxyl groups is 1. The van der Waals surface area contributed by atoms with Crippen LogP contribution in [-0.4, -0.2) is 33.7 Å². The predicted octanol–water partition coefficient (Wildman–Crippen LogP) is 2.44. The van der Waals surface area contributed by atoms with Gasteiger partial charge in [-0.15, -0.1) is 11.3 Å². The standard InChI is InChI=1S/C13H22N2OS/c1-3-12-14-11(10-17-12)9-15-7-4-5-13(2,16)6-8-15/h10,16H,3-9H2,1-2H3. The van der Waals surface area contributed by atoms with E-state index in [1.807, 2.05) is 6.92 Å². The molecule has 0 spiro atoms. The van der Waals surface area contributed by atoms with Gasteiger partial charge in [-0.05, 0) is 39.2 Å². The average molecular weight is 254 g/mol. The summed E-state index contributed by atoms with van der Waals surface area (Å²) in [7, 11) is 0. The number of thiazole rings is 1. The number of nitrogens with zero attached hydrogens (tertiary/aromatic N) is 2. The zero-order valence-corrected chi connectivity index (χ0v) is 11.6. The molecular weight excluding hydrogens is 232 g/mol. The first-order chi connectivity index (χ1) is 8.09. The Bertz CT molecular complexity index is 362. The number of likely N-dealkylation sites (tertiary alicyclic amines) is 1. The fourth-order valence-corrected chi connectivity index (χ4v) is 3.03. The van der Waals surface area contributed by atoms with Crippen molar-refractivity contribution in [2.45, 2.75) is 51.7 Å². The molecule has 1 saturated heterocycles. The molecule has 0 saturated carbocycles. The lowest BCUT2D eigenvalue weighted by Crippen LogP contribution is -2.28. The third-order valence-corrected chi connectivity index (χ3v) is 4.49. The number of aryl methyl sites for hydroxylation is 1. The lowest BCUT2D eigenvalue weighted by molar-refractivity contribution is 0.0444. The fourth-order valence-electron chi connectivity index (χ4n) is 2.29. The lowest BCUT2D eigenvalue weighted by atomic mass is 9.98. The highest BCUT2D eigenvalue weighted by Gasteiger charge is 2.25. The molecule has 1 aromatic rings. The summed E-state index contributed by atoms with van der Waals surface area (Å²) in [5.74, 6) is 0. The molecule has 1 unspecified atom stereocenters. The van der Waals surface area contributed by atoms with Crippen molar-refractivity contribution in [3.05, 3.63) is 16.1 Å². The van der Waals surface area contributed by atoms with E-state index in [1.165, 1.54) is 10.7 Å². The van der Waals surface area contributed by atoms with Crippen molar-refractivity contribution < 1.29 is 5.11 Å². The maximum atomic E-state index is 10.0. The second kappa shape index (κ2) is 5.46. The molecule has 0 aromatic carbocycles. The summed E-state index contributed by atoms with van der Waals surface area (Å²) in [4.78, 5) is 7.02. The topological polar surface area (TPSA) is 36.4 Å². The van der Waals surface area contributed by atoms with Crippen LogP contribution in [0.1, 0.15) is 43.8 Å². The molecule has 3 nitrogen and oxygen atoms in total. The molecule has 96 valence electrons. The molecule has 2 heterocycles. The van der Waals surface area contributed by atoms with Crippen LogP contribution in [0.3, 0.4) is 0 Å². The summed E-state index contributed by atoms with van der Waals surface area (Å²) in [6.07, 6.45) is 3.90. The molecule has 1 aromatic heterocycles. The minimum absolute atomic E-state index is 0.467. The van der Waals surface area contributed by atoms with Crippen molar-refractivity contribution >= 4 is 11.3 Å². The van der Waals surface area contributed by atoms with Crippen LogP contribution in [0.25, 0.3) is 0 Å². The van der Waals surface area contributed by atoms with E-state index in [4.69, 9.17) is 0 Å². The second-order valence-corrected chi connectivity index (χ2v) is 6.16. The Hall–Kier alpha value is -0.450. The monoisotopic (exact) mass is 254 g/mol. The Morgan fingerprint density at radius 2 is 2.29 bits per heavy atom. The van der Waals surface area contributed by atoms with Crippen molar-refractivity contribution in [1.29, 1.82) is 0 Å². The molecule has 4 heteroatoms. The molecule has 0 aliphatic carbocycles. The minimum Gasteiger partial charge on any atom is -0.390 e. The van der Waals surface area contributed by atoms with Gasteiger partial charge in [0.1, 0.15) is 0 Å². The molecule has 2 rings (SSSR count). The normalized spacial score (nSPS) is 27.0. The van der Waals surface area contributed by atoms with Crippen LogP contribution < -0.4 is 0 Å². The van der Waals surface area contributed by atoms with Gasteiger partial charge in [0.25, 0.3) is 0 Å². The average Bonchev–Trinajstić information content (AvgIpc) is 2.66. The highest BCUT2D eigenvalue weighted by Crippen LogP contribution is 2.22. The quantitative estimate of drug-likeness (QED) is 0.900. The van der Waals surface area contributed by atoms with E-state index in [0.29, 0.717) is 0 Å². The largest absolute Gasteiger partial charge is 0.390 e. The highest BCUT2D eigenvalue weighted by molar-refractivity contribution is 7.09. The van der Waals surface area contributed by atoms with Crippen LogP contribution in [0.15, 0.2) is 5.38 Å². The minimum atomic E-state index is -0.467. The maximum absolute atomic E-state index is 10.0. The first-order valence-electron chi connectivity index (χ1n) is 6.47. The van der Waals surface area contributed by atoms with Gasteiger partial charge in [-0.3, -0.25) is 4.90 Å². The summed E-state index contributed by atoms with van der Waals surface area (Å²) in [5, 5.41) is 13.4. The van der Waals surface area contributed by atoms with Crippen molar-refractivity contribution in [2.24, 2.45) is 0 Å². The van der Waals surface area contributed by atoms with Gasteiger partial charge < -0.3 is 5.11 Å². The van der Waals surface area contributed by atoms with E-state index in [2.05, 4.69) is 22.2 Å². The van der Waals surface area contributed by atoms with Gasteiger partial charge in [0.15, 0.2) is 0 Å². The van der Waals surface area contributed by atoms with Crippen molar-refractivity contribution in [3.8, 4) is 0 Å². The summed E-state index contributed by atoms with van der Waals surface area (Å²) < 4.78 is 0. The van der Waals surface area contributed by atoms with E-state index in [9.17, 15) is 5.11 Å². The van der Waals surface area contributed by atoms with Gasteiger partial charge in [0.05, 0.1) is 16.3 Å². The van der Waals surface area contributed by atoms with Crippen LogP contribution in [-0.2, 0) is 13.0 Å². The molecule has 1 aliphatic heterocycles. The first-order valence-corrected chi connectivity index (χ1v) is 7.35.